The molecule has 1 fully saturated rings. The molecule has 0 aliphatic carbocycles. The van der Waals surface area contributed by atoms with E-state index < -0.39 is 5.41 Å². The molecule has 0 amide bonds. The molecular weight excluding hydrogens is 398 g/mol. The maximum absolute atomic E-state index is 12.1. The Balaban J connectivity index is 1.57. The monoisotopic (exact) mass is 427 g/mol. The number of rotatable bonds is 4. The van der Waals surface area contributed by atoms with E-state index in [0.717, 1.165) is 43.2 Å². The number of methoxy groups -OCH3 is 1. The molecular formula is C25H30ClNO3. The SMILES string of the molecule is COC(=O)C(C)(C)CN1CCC(C2c3ccc(Cl)cc3COc3ccccc32)CC1. The average molecular weight is 428 g/mol. The number of carbonyl (C=O) groups is 1. The van der Waals surface area contributed by atoms with E-state index in [4.69, 9.17) is 21.1 Å². The van der Waals surface area contributed by atoms with Crippen LogP contribution in [0.1, 0.15) is 49.3 Å². The van der Waals surface area contributed by atoms with E-state index in [-0.39, 0.29) is 5.97 Å². The van der Waals surface area contributed by atoms with Gasteiger partial charge in [0.05, 0.1) is 12.5 Å². The zero-order chi connectivity index (χ0) is 21.3. The van der Waals surface area contributed by atoms with E-state index in [1.807, 2.05) is 32.0 Å². The quantitative estimate of drug-likeness (QED) is 0.622. The second kappa shape index (κ2) is 8.60. The van der Waals surface area contributed by atoms with Gasteiger partial charge in [0.25, 0.3) is 0 Å². The van der Waals surface area contributed by atoms with Crippen molar-refractivity contribution in [2.24, 2.45) is 11.3 Å². The Morgan fingerprint density at radius 2 is 1.90 bits per heavy atom. The first-order valence-electron chi connectivity index (χ1n) is 10.7. The third kappa shape index (κ3) is 4.21. The number of hydrogen-bond donors (Lipinski definition) is 0. The summed E-state index contributed by atoms with van der Waals surface area (Å²) >= 11 is 6.29. The molecule has 1 atom stereocenters. The Morgan fingerprint density at radius 3 is 2.63 bits per heavy atom. The molecule has 4 rings (SSSR count). The molecule has 30 heavy (non-hydrogen) atoms. The lowest BCUT2D eigenvalue weighted by atomic mass is 9.74. The van der Waals surface area contributed by atoms with Gasteiger partial charge in [0.1, 0.15) is 12.4 Å². The second-order valence-corrected chi connectivity index (χ2v) is 9.57. The predicted octanol–water partition coefficient (Wildman–Crippen LogP) is 5.28. The third-order valence-corrected chi connectivity index (χ3v) is 6.77. The lowest BCUT2D eigenvalue weighted by Crippen LogP contribution is -2.44. The van der Waals surface area contributed by atoms with E-state index >= 15 is 0 Å². The van der Waals surface area contributed by atoms with Crippen molar-refractivity contribution in [1.82, 2.24) is 4.90 Å². The maximum atomic E-state index is 12.1. The Morgan fingerprint density at radius 1 is 1.17 bits per heavy atom. The van der Waals surface area contributed by atoms with Crippen LogP contribution in [0.4, 0.5) is 0 Å². The fraction of sp³-hybridized carbons (Fsp3) is 0.480. The summed E-state index contributed by atoms with van der Waals surface area (Å²) in [5.41, 5.74) is 3.29. The summed E-state index contributed by atoms with van der Waals surface area (Å²) in [5, 5.41) is 0.752. The van der Waals surface area contributed by atoms with Gasteiger partial charge in [-0.2, -0.15) is 0 Å². The van der Waals surface area contributed by atoms with Crippen LogP contribution in [0.2, 0.25) is 5.02 Å². The number of halogens is 1. The van der Waals surface area contributed by atoms with Gasteiger partial charge in [0.15, 0.2) is 0 Å². The average Bonchev–Trinajstić information content (AvgIpc) is 2.90. The van der Waals surface area contributed by atoms with Crippen molar-refractivity contribution >= 4 is 17.6 Å². The van der Waals surface area contributed by atoms with Crippen LogP contribution in [0, 0.1) is 11.3 Å². The topological polar surface area (TPSA) is 38.8 Å². The van der Waals surface area contributed by atoms with Crippen molar-refractivity contribution < 1.29 is 14.3 Å². The van der Waals surface area contributed by atoms with Crippen LogP contribution in [-0.2, 0) is 16.1 Å². The maximum Gasteiger partial charge on any atom is 0.312 e. The van der Waals surface area contributed by atoms with Crippen LogP contribution in [0.25, 0.3) is 0 Å². The van der Waals surface area contributed by atoms with Crippen molar-refractivity contribution in [1.29, 1.82) is 0 Å². The van der Waals surface area contributed by atoms with Gasteiger partial charge in [-0.3, -0.25) is 4.79 Å². The van der Waals surface area contributed by atoms with Gasteiger partial charge in [-0.05, 0) is 75.0 Å². The zero-order valence-electron chi connectivity index (χ0n) is 18.0. The molecule has 0 saturated carbocycles. The standard InChI is InChI=1S/C25H30ClNO3/c1-25(2,24(28)29-3)16-27-12-10-17(11-13-27)23-20-9-8-19(26)14-18(20)15-30-22-7-5-4-6-21(22)23/h4-9,14,17,23H,10-13,15-16H2,1-3H3. The first-order chi connectivity index (χ1) is 14.4. The minimum absolute atomic E-state index is 0.148. The number of hydrogen-bond acceptors (Lipinski definition) is 4. The van der Waals surface area contributed by atoms with Gasteiger partial charge in [-0.15, -0.1) is 0 Å². The van der Waals surface area contributed by atoms with Crippen LogP contribution in [-0.4, -0.2) is 37.6 Å². The first-order valence-corrected chi connectivity index (χ1v) is 11.1. The summed E-state index contributed by atoms with van der Waals surface area (Å²) in [6.45, 7) is 7.16. The fourth-order valence-electron chi connectivity index (χ4n) is 5.05. The van der Waals surface area contributed by atoms with E-state index in [0.29, 0.717) is 18.4 Å². The summed E-state index contributed by atoms with van der Waals surface area (Å²) in [6.07, 6.45) is 2.16. The molecule has 2 aromatic carbocycles. The molecule has 0 radical (unpaired) electrons. The highest BCUT2D eigenvalue weighted by atomic mass is 35.5. The summed E-state index contributed by atoms with van der Waals surface area (Å²) in [5.74, 6) is 1.64. The molecule has 2 aromatic rings. The number of carbonyl (C=O) groups excluding carboxylic acids is 1. The number of benzene rings is 2. The van der Waals surface area contributed by atoms with E-state index in [2.05, 4.69) is 29.2 Å². The summed E-state index contributed by atoms with van der Waals surface area (Å²) in [4.78, 5) is 14.5. The number of ether oxygens (including phenoxy) is 2. The summed E-state index contributed by atoms with van der Waals surface area (Å²) in [6, 6.07) is 14.6. The number of esters is 1. The minimum atomic E-state index is -0.492. The molecule has 2 aliphatic heterocycles. The minimum Gasteiger partial charge on any atom is -0.489 e. The lowest BCUT2D eigenvalue weighted by molar-refractivity contribution is -0.152. The smallest absolute Gasteiger partial charge is 0.312 e. The van der Waals surface area contributed by atoms with Gasteiger partial charge >= 0.3 is 5.97 Å². The third-order valence-electron chi connectivity index (χ3n) is 6.54. The molecule has 5 heteroatoms. The Hall–Kier alpha value is -2.04. The van der Waals surface area contributed by atoms with Crippen molar-refractivity contribution in [2.75, 3.05) is 26.7 Å². The van der Waals surface area contributed by atoms with Crippen LogP contribution in [0.15, 0.2) is 42.5 Å². The van der Waals surface area contributed by atoms with Gasteiger partial charge < -0.3 is 14.4 Å². The predicted molar refractivity (Wildman–Crippen MR) is 119 cm³/mol. The van der Waals surface area contributed by atoms with Gasteiger partial charge in [-0.25, -0.2) is 0 Å². The summed E-state index contributed by atoms with van der Waals surface area (Å²) < 4.78 is 11.1. The normalized spacial score (nSPS) is 19.9. The molecule has 1 unspecified atom stereocenters. The highest BCUT2D eigenvalue weighted by Crippen LogP contribution is 2.45. The number of likely N-dealkylation sites (tertiary alicyclic amines) is 1. The molecule has 1 saturated heterocycles. The first kappa shape index (κ1) is 21.2. The van der Waals surface area contributed by atoms with E-state index in [1.54, 1.807) is 0 Å². The van der Waals surface area contributed by atoms with Crippen molar-refractivity contribution in [3.8, 4) is 5.75 Å². The Labute approximate surface area is 184 Å². The Bertz CT molecular complexity index is 918. The number of nitrogens with zero attached hydrogens (tertiary/aromatic N) is 1. The summed E-state index contributed by atoms with van der Waals surface area (Å²) in [7, 11) is 1.46. The molecule has 2 aliphatic rings. The highest BCUT2D eigenvalue weighted by Gasteiger charge is 2.36. The number of piperidine rings is 1. The molecule has 0 N–H and O–H groups in total. The Kier molecular flexibility index (Phi) is 6.08. The van der Waals surface area contributed by atoms with Gasteiger partial charge in [0.2, 0.25) is 0 Å². The molecule has 0 spiro atoms. The number of fused-ring (bicyclic) bond motifs is 2. The van der Waals surface area contributed by atoms with Gasteiger partial charge in [-0.1, -0.05) is 35.9 Å². The fourth-order valence-corrected chi connectivity index (χ4v) is 5.24. The van der Waals surface area contributed by atoms with Crippen LogP contribution >= 0.6 is 11.6 Å². The second-order valence-electron chi connectivity index (χ2n) is 9.14. The van der Waals surface area contributed by atoms with E-state index in [9.17, 15) is 4.79 Å². The van der Waals surface area contributed by atoms with Crippen molar-refractivity contribution in [2.45, 2.75) is 39.2 Å². The van der Waals surface area contributed by atoms with Crippen LogP contribution in [0.5, 0.6) is 5.75 Å². The molecule has 0 bridgehead atoms. The van der Waals surface area contributed by atoms with Gasteiger partial charge in [0, 0.05) is 23.0 Å². The molecule has 4 nitrogen and oxygen atoms in total. The molecule has 2 heterocycles. The van der Waals surface area contributed by atoms with Crippen molar-refractivity contribution in [3.05, 3.63) is 64.2 Å². The largest absolute Gasteiger partial charge is 0.489 e. The van der Waals surface area contributed by atoms with Crippen LogP contribution in [0.3, 0.4) is 0 Å². The van der Waals surface area contributed by atoms with Crippen molar-refractivity contribution in [3.63, 3.8) is 0 Å². The molecule has 160 valence electrons. The lowest BCUT2D eigenvalue weighted by Gasteiger charge is -2.39. The van der Waals surface area contributed by atoms with E-state index in [1.165, 1.54) is 23.8 Å². The zero-order valence-corrected chi connectivity index (χ0v) is 18.7. The molecule has 0 aromatic heterocycles. The van der Waals surface area contributed by atoms with Crippen LogP contribution < -0.4 is 4.74 Å². The number of para-hydroxylation sites is 1. The highest BCUT2D eigenvalue weighted by molar-refractivity contribution is 6.30.